The molecule has 4 rings (SSSR count). The Bertz CT molecular complexity index is 1020. The summed E-state index contributed by atoms with van der Waals surface area (Å²) in [4.78, 5) is 2.24. The van der Waals surface area contributed by atoms with E-state index in [0.29, 0.717) is 5.56 Å². The molecule has 0 bridgehead atoms. The minimum absolute atomic E-state index is 0.555. The lowest BCUT2D eigenvalue weighted by molar-refractivity contribution is -0.137. The van der Waals surface area contributed by atoms with Crippen molar-refractivity contribution < 1.29 is 13.2 Å². The summed E-state index contributed by atoms with van der Waals surface area (Å²) in [6.07, 6.45) is -3.35. The highest BCUT2D eigenvalue weighted by Crippen LogP contribution is 2.35. The summed E-state index contributed by atoms with van der Waals surface area (Å²) in [6, 6.07) is 21.1. The molecule has 1 nitrogen and oxygen atoms in total. The first kappa shape index (κ1) is 17.2. The highest BCUT2D eigenvalue weighted by atomic mass is 19.4. The number of rotatable bonds is 1. The SMILES string of the molecule is FC(F)(F)c1ccc(C#Cc2ccccc2N2CCc3ccccc32)cc1. The molecule has 0 aromatic heterocycles. The van der Waals surface area contributed by atoms with Crippen LogP contribution in [0.25, 0.3) is 0 Å². The van der Waals surface area contributed by atoms with Crippen LogP contribution in [0.3, 0.4) is 0 Å². The quantitative estimate of drug-likeness (QED) is 0.494. The van der Waals surface area contributed by atoms with Gasteiger partial charge in [-0.1, -0.05) is 42.2 Å². The zero-order valence-corrected chi connectivity index (χ0v) is 14.4. The maximum Gasteiger partial charge on any atom is 0.416 e. The number of fused-ring (bicyclic) bond motifs is 1. The van der Waals surface area contributed by atoms with E-state index in [9.17, 15) is 13.2 Å². The molecular weight excluding hydrogens is 347 g/mol. The van der Waals surface area contributed by atoms with Crippen LogP contribution in [-0.4, -0.2) is 6.54 Å². The molecule has 0 saturated heterocycles. The normalized spacial score (nSPS) is 13.1. The summed E-state index contributed by atoms with van der Waals surface area (Å²) in [6.45, 7) is 0.887. The number of hydrogen-bond donors (Lipinski definition) is 0. The Balaban J connectivity index is 1.65. The van der Waals surface area contributed by atoms with Crippen molar-refractivity contribution in [3.8, 4) is 11.8 Å². The van der Waals surface area contributed by atoms with Crippen LogP contribution in [0.2, 0.25) is 0 Å². The fraction of sp³-hybridized carbons (Fsp3) is 0.130. The topological polar surface area (TPSA) is 3.24 Å². The number of halogens is 3. The van der Waals surface area contributed by atoms with Crippen molar-refractivity contribution in [1.29, 1.82) is 0 Å². The second kappa shape index (κ2) is 6.85. The zero-order valence-electron chi connectivity index (χ0n) is 14.4. The third-order valence-electron chi connectivity index (χ3n) is 4.64. The van der Waals surface area contributed by atoms with Gasteiger partial charge in [-0.2, -0.15) is 13.2 Å². The van der Waals surface area contributed by atoms with Crippen molar-refractivity contribution in [2.45, 2.75) is 12.6 Å². The molecule has 3 aromatic carbocycles. The van der Waals surface area contributed by atoms with Gasteiger partial charge in [0.05, 0.1) is 11.3 Å². The van der Waals surface area contributed by atoms with Crippen LogP contribution in [0.15, 0.2) is 72.8 Å². The Morgan fingerprint density at radius 2 is 1.41 bits per heavy atom. The van der Waals surface area contributed by atoms with Crippen LogP contribution < -0.4 is 4.90 Å². The van der Waals surface area contributed by atoms with Crippen molar-refractivity contribution in [3.05, 3.63) is 95.1 Å². The number of anilines is 2. The number of benzene rings is 3. The van der Waals surface area contributed by atoms with Gasteiger partial charge in [0.25, 0.3) is 0 Å². The highest BCUT2D eigenvalue weighted by Gasteiger charge is 2.29. The van der Waals surface area contributed by atoms with Gasteiger partial charge >= 0.3 is 6.18 Å². The molecule has 0 spiro atoms. The predicted molar refractivity (Wildman–Crippen MR) is 101 cm³/mol. The van der Waals surface area contributed by atoms with Crippen LogP contribution in [-0.2, 0) is 12.6 Å². The Kier molecular flexibility index (Phi) is 4.37. The van der Waals surface area contributed by atoms with Crippen LogP contribution in [0.5, 0.6) is 0 Å². The Hall–Kier alpha value is -3.19. The molecule has 0 radical (unpaired) electrons. The third kappa shape index (κ3) is 3.54. The lowest BCUT2D eigenvalue weighted by Crippen LogP contribution is -2.14. The average Bonchev–Trinajstić information content (AvgIpc) is 3.10. The van der Waals surface area contributed by atoms with Crippen LogP contribution in [0, 0.1) is 11.8 Å². The molecule has 0 unspecified atom stereocenters. The standard InChI is InChI=1S/C23H16F3N/c24-23(25,26)20-13-10-17(11-14-20)9-12-18-5-1-3-7-21(18)27-16-15-19-6-2-4-8-22(19)27/h1-8,10-11,13-14H,15-16H2. The van der Waals surface area contributed by atoms with Crippen molar-refractivity contribution in [2.75, 3.05) is 11.4 Å². The predicted octanol–water partition coefficient (Wildman–Crippen LogP) is 5.80. The Labute approximate surface area is 156 Å². The Morgan fingerprint density at radius 1 is 0.741 bits per heavy atom. The van der Waals surface area contributed by atoms with Crippen molar-refractivity contribution >= 4 is 11.4 Å². The monoisotopic (exact) mass is 363 g/mol. The van der Waals surface area contributed by atoms with Gasteiger partial charge in [0.1, 0.15) is 0 Å². The smallest absolute Gasteiger partial charge is 0.340 e. The molecule has 0 N–H and O–H groups in total. The van der Waals surface area contributed by atoms with E-state index in [1.165, 1.54) is 23.4 Å². The third-order valence-corrected chi connectivity index (χ3v) is 4.64. The first-order valence-electron chi connectivity index (χ1n) is 8.66. The molecule has 0 aliphatic carbocycles. The van der Waals surface area contributed by atoms with E-state index < -0.39 is 11.7 Å². The molecule has 134 valence electrons. The average molecular weight is 363 g/mol. The van der Waals surface area contributed by atoms with Crippen molar-refractivity contribution in [3.63, 3.8) is 0 Å². The Morgan fingerprint density at radius 3 is 2.15 bits per heavy atom. The summed E-state index contributed by atoms with van der Waals surface area (Å²) in [5, 5.41) is 0. The summed E-state index contributed by atoms with van der Waals surface area (Å²) < 4.78 is 38.0. The van der Waals surface area contributed by atoms with E-state index in [1.54, 1.807) is 0 Å². The number of hydrogen-bond acceptors (Lipinski definition) is 1. The van der Waals surface area contributed by atoms with Gasteiger partial charge in [-0.15, -0.1) is 0 Å². The molecule has 0 saturated carbocycles. The van der Waals surface area contributed by atoms with Gasteiger partial charge in [0.15, 0.2) is 0 Å². The lowest BCUT2D eigenvalue weighted by atomic mass is 10.1. The molecule has 0 fully saturated rings. The van der Waals surface area contributed by atoms with Crippen molar-refractivity contribution in [1.82, 2.24) is 0 Å². The zero-order chi connectivity index (χ0) is 18.9. The van der Waals surface area contributed by atoms with E-state index in [2.05, 4.69) is 28.9 Å². The van der Waals surface area contributed by atoms with E-state index in [4.69, 9.17) is 0 Å². The largest absolute Gasteiger partial charge is 0.416 e. The molecule has 27 heavy (non-hydrogen) atoms. The van der Waals surface area contributed by atoms with Crippen molar-refractivity contribution in [2.24, 2.45) is 0 Å². The van der Waals surface area contributed by atoms with Gasteiger partial charge in [-0.3, -0.25) is 0 Å². The second-order valence-corrected chi connectivity index (χ2v) is 6.37. The summed E-state index contributed by atoms with van der Waals surface area (Å²) in [5.74, 6) is 6.11. The molecule has 0 amide bonds. The number of nitrogens with zero attached hydrogens (tertiary/aromatic N) is 1. The second-order valence-electron chi connectivity index (χ2n) is 6.37. The molecular formula is C23H16F3N. The minimum Gasteiger partial charge on any atom is -0.340 e. The number of para-hydroxylation sites is 2. The highest BCUT2D eigenvalue weighted by molar-refractivity contribution is 5.74. The van der Waals surface area contributed by atoms with Crippen LogP contribution >= 0.6 is 0 Å². The number of alkyl halides is 3. The van der Waals surface area contributed by atoms with Gasteiger partial charge in [0.2, 0.25) is 0 Å². The molecule has 0 atom stereocenters. The van der Waals surface area contributed by atoms with Gasteiger partial charge in [-0.25, -0.2) is 0 Å². The lowest BCUT2D eigenvalue weighted by Gasteiger charge is -2.21. The van der Waals surface area contributed by atoms with Gasteiger partial charge in [-0.05, 0) is 54.4 Å². The summed E-state index contributed by atoms with van der Waals surface area (Å²) in [7, 11) is 0. The van der Waals surface area contributed by atoms with E-state index in [-0.39, 0.29) is 0 Å². The first-order valence-corrected chi connectivity index (χ1v) is 8.66. The van der Waals surface area contributed by atoms with Crippen LogP contribution in [0.4, 0.5) is 24.5 Å². The summed E-state index contributed by atoms with van der Waals surface area (Å²) in [5.41, 5.74) is 4.25. The fourth-order valence-corrected chi connectivity index (χ4v) is 3.29. The molecule has 1 heterocycles. The first-order chi connectivity index (χ1) is 13.0. The van der Waals surface area contributed by atoms with E-state index in [1.807, 2.05) is 36.4 Å². The molecule has 3 aromatic rings. The van der Waals surface area contributed by atoms with Gasteiger partial charge in [0, 0.05) is 23.4 Å². The van der Waals surface area contributed by atoms with E-state index in [0.717, 1.165) is 36.3 Å². The molecule has 1 aliphatic rings. The molecule has 4 heteroatoms. The maximum absolute atomic E-state index is 12.7. The van der Waals surface area contributed by atoms with Gasteiger partial charge < -0.3 is 4.90 Å². The fourth-order valence-electron chi connectivity index (χ4n) is 3.29. The maximum atomic E-state index is 12.7. The minimum atomic E-state index is -4.33. The van der Waals surface area contributed by atoms with Crippen LogP contribution in [0.1, 0.15) is 22.3 Å². The van der Waals surface area contributed by atoms with E-state index >= 15 is 0 Å². The molecule has 1 aliphatic heterocycles. The summed E-state index contributed by atoms with van der Waals surface area (Å²) >= 11 is 0.